The van der Waals surface area contributed by atoms with Crippen molar-refractivity contribution in [2.75, 3.05) is 0 Å². The van der Waals surface area contributed by atoms with Gasteiger partial charge in [-0.3, -0.25) is 0 Å². The van der Waals surface area contributed by atoms with Crippen LogP contribution in [0.3, 0.4) is 0 Å². The van der Waals surface area contributed by atoms with Crippen LogP contribution in [0.15, 0.2) is 0 Å². The fourth-order valence-electron chi connectivity index (χ4n) is 1.40. The molecule has 0 saturated heterocycles. The van der Waals surface area contributed by atoms with Crippen molar-refractivity contribution in [1.29, 1.82) is 0 Å². The molecule has 0 rings (SSSR count). The zero-order chi connectivity index (χ0) is 10.1. The summed E-state index contributed by atoms with van der Waals surface area (Å²) in [4.78, 5) is 0. The summed E-state index contributed by atoms with van der Waals surface area (Å²) >= 11 is 0.0717. The van der Waals surface area contributed by atoms with Gasteiger partial charge in [-0.05, 0) is 0 Å². The Labute approximate surface area is 108 Å². The Hall–Kier alpha value is 1.15. The molecule has 0 amide bonds. The topological polar surface area (TPSA) is 0 Å². The summed E-state index contributed by atoms with van der Waals surface area (Å²) in [5.41, 5.74) is 0. The van der Waals surface area contributed by atoms with Crippen LogP contribution in [-0.4, -0.2) is 21.1 Å². The average Bonchev–Trinajstić information content (AvgIpc) is 2.01. The van der Waals surface area contributed by atoms with E-state index in [1.807, 2.05) is 0 Å². The fourth-order valence-corrected chi connectivity index (χ4v) is 4.70. The molecule has 0 saturated carbocycles. The minimum Gasteiger partial charge on any atom is -2.00 e. The molecule has 0 aromatic carbocycles. The molecule has 14 heavy (non-hydrogen) atoms. The van der Waals surface area contributed by atoms with Crippen molar-refractivity contribution in [3.05, 3.63) is 0 Å². The Kier molecular flexibility index (Phi) is 15.3. The van der Waals surface area contributed by atoms with E-state index in [-0.39, 0.29) is 34.6 Å². The molecular formula is C12H26SSn. The third-order valence-corrected chi connectivity index (χ3v) is 6.31. The minimum absolute atomic E-state index is 0. The van der Waals surface area contributed by atoms with Gasteiger partial charge in [0.15, 0.2) is 0 Å². The van der Waals surface area contributed by atoms with E-state index in [1.165, 1.54) is 25.7 Å². The van der Waals surface area contributed by atoms with Gasteiger partial charge in [0, 0.05) is 0 Å². The predicted molar refractivity (Wildman–Crippen MR) is 70.9 cm³/mol. The maximum absolute atomic E-state index is 2.34. The van der Waals surface area contributed by atoms with Crippen molar-refractivity contribution in [2.24, 2.45) is 11.8 Å². The van der Waals surface area contributed by atoms with Crippen molar-refractivity contribution >= 4 is 34.6 Å². The Bertz CT molecular complexity index is 90.5. The zero-order valence-corrected chi connectivity index (χ0v) is 14.0. The molecule has 2 heteroatoms. The standard InChI is InChI=1S/2C6H13.S.Sn/c2*1-4-5-6(2)3;;/h2*6H,1,4-5H2,2-3H3;;/q;;-2;+2. The molecule has 0 aromatic heterocycles. The fraction of sp³-hybridized carbons (Fsp3) is 1.00. The monoisotopic (exact) mass is 322 g/mol. The Morgan fingerprint density at radius 1 is 0.786 bits per heavy atom. The first kappa shape index (κ1) is 17.5. The van der Waals surface area contributed by atoms with Crippen LogP contribution in [0.2, 0.25) is 8.87 Å². The van der Waals surface area contributed by atoms with Crippen molar-refractivity contribution in [2.45, 2.75) is 62.3 Å². The summed E-state index contributed by atoms with van der Waals surface area (Å²) in [6.45, 7) is 9.35. The van der Waals surface area contributed by atoms with E-state index in [1.54, 1.807) is 8.87 Å². The Balaban J connectivity index is 0. The molecule has 0 spiro atoms. The Morgan fingerprint density at radius 3 is 1.43 bits per heavy atom. The summed E-state index contributed by atoms with van der Waals surface area (Å²) in [7, 11) is 0. The molecule has 0 aromatic rings. The molecule has 0 radical (unpaired) electrons. The Morgan fingerprint density at radius 2 is 1.14 bits per heavy atom. The van der Waals surface area contributed by atoms with E-state index in [9.17, 15) is 0 Å². The molecule has 84 valence electrons. The second kappa shape index (κ2) is 12.2. The van der Waals surface area contributed by atoms with E-state index in [0.717, 1.165) is 11.8 Å². The van der Waals surface area contributed by atoms with Gasteiger partial charge in [0.25, 0.3) is 0 Å². The molecule has 0 fully saturated rings. The van der Waals surface area contributed by atoms with Gasteiger partial charge in [-0.25, -0.2) is 0 Å². The molecule has 0 atom stereocenters. The molecule has 0 N–H and O–H groups in total. The van der Waals surface area contributed by atoms with Crippen molar-refractivity contribution in [3.63, 3.8) is 0 Å². The first-order chi connectivity index (χ1) is 6.13. The van der Waals surface area contributed by atoms with Crippen molar-refractivity contribution < 1.29 is 0 Å². The van der Waals surface area contributed by atoms with Crippen LogP contribution < -0.4 is 0 Å². The smallest absolute Gasteiger partial charge is 2.00 e. The third-order valence-electron chi connectivity index (χ3n) is 2.27. The molecular weight excluding hydrogens is 295 g/mol. The SMILES string of the molecule is CC(C)CC[CH2][Sn+2][CH2]CCC(C)C.[S-2]. The number of hydrogen-bond acceptors (Lipinski definition) is 0. The third kappa shape index (κ3) is 15.6. The first-order valence-corrected chi connectivity index (χ1v) is 9.87. The maximum Gasteiger partial charge on any atom is -2.00 e. The minimum atomic E-state index is 0. The van der Waals surface area contributed by atoms with Crippen LogP contribution in [0.5, 0.6) is 0 Å². The van der Waals surface area contributed by atoms with Crippen molar-refractivity contribution in [3.8, 4) is 0 Å². The summed E-state index contributed by atoms with van der Waals surface area (Å²) in [5, 5.41) is 0. The van der Waals surface area contributed by atoms with Crippen LogP contribution in [0.4, 0.5) is 0 Å². The number of hydrogen-bond donors (Lipinski definition) is 0. The van der Waals surface area contributed by atoms with E-state index >= 15 is 0 Å². The van der Waals surface area contributed by atoms with Crippen LogP contribution in [-0.2, 0) is 13.5 Å². The van der Waals surface area contributed by atoms with Crippen LogP contribution in [0, 0.1) is 11.8 Å². The molecule has 0 aliphatic carbocycles. The average molecular weight is 321 g/mol. The van der Waals surface area contributed by atoms with Gasteiger partial charge in [-0.2, -0.15) is 0 Å². The summed E-state index contributed by atoms with van der Waals surface area (Å²) in [6, 6.07) is 0. The van der Waals surface area contributed by atoms with Gasteiger partial charge >= 0.3 is 95.2 Å². The van der Waals surface area contributed by atoms with Gasteiger partial charge in [0.05, 0.1) is 0 Å². The van der Waals surface area contributed by atoms with Crippen LogP contribution in [0.1, 0.15) is 53.4 Å². The molecule has 0 aliphatic heterocycles. The van der Waals surface area contributed by atoms with Crippen LogP contribution in [0.25, 0.3) is 0 Å². The van der Waals surface area contributed by atoms with E-state index in [0.29, 0.717) is 0 Å². The predicted octanol–water partition coefficient (Wildman–Crippen LogP) is 4.40. The zero-order valence-electron chi connectivity index (χ0n) is 10.3. The molecule has 0 aliphatic rings. The molecule has 0 unspecified atom stereocenters. The van der Waals surface area contributed by atoms with E-state index in [2.05, 4.69) is 27.7 Å². The molecule has 0 nitrogen and oxygen atoms in total. The molecule has 0 bridgehead atoms. The van der Waals surface area contributed by atoms with Gasteiger partial charge in [0.2, 0.25) is 0 Å². The van der Waals surface area contributed by atoms with E-state index in [4.69, 9.17) is 0 Å². The normalized spacial score (nSPS) is 10.1. The maximum atomic E-state index is 2.34. The first-order valence-electron chi connectivity index (χ1n) is 5.83. The largest absolute Gasteiger partial charge is 2.00 e. The summed E-state index contributed by atoms with van der Waals surface area (Å²) in [6.07, 6.45) is 5.97. The van der Waals surface area contributed by atoms with Gasteiger partial charge in [-0.1, -0.05) is 0 Å². The van der Waals surface area contributed by atoms with Gasteiger partial charge < -0.3 is 13.5 Å². The quantitative estimate of drug-likeness (QED) is 0.459. The molecule has 0 heterocycles. The van der Waals surface area contributed by atoms with Gasteiger partial charge in [-0.15, -0.1) is 0 Å². The summed E-state index contributed by atoms with van der Waals surface area (Å²) in [5.74, 6) is 1.85. The second-order valence-electron chi connectivity index (χ2n) is 4.82. The van der Waals surface area contributed by atoms with Crippen molar-refractivity contribution in [1.82, 2.24) is 0 Å². The number of rotatable bonds is 8. The second-order valence-corrected chi connectivity index (χ2v) is 9.10. The van der Waals surface area contributed by atoms with E-state index < -0.39 is 0 Å². The van der Waals surface area contributed by atoms with Gasteiger partial charge in [0.1, 0.15) is 0 Å². The van der Waals surface area contributed by atoms with Crippen LogP contribution >= 0.6 is 0 Å². The summed E-state index contributed by atoms with van der Waals surface area (Å²) < 4.78 is 3.25.